The molecule has 1 unspecified atom stereocenters. The first-order valence-electron chi connectivity index (χ1n) is 6.33. The van der Waals surface area contributed by atoms with E-state index in [2.05, 4.69) is 10.3 Å². The van der Waals surface area contributed by atoms with Crippen LogP contribution in [0.4, 0.5) is 4.39 Å². The van der Waals surface area contributed by atoms with E-state index in [0.29, 0.717) is 22.9 Å². The van der Waals surface area contributed by atoms with Gasteiger partial charge in [0.05, 0.1) is 24.4 Å². The lowest BCUT2D eigenvalue weighted by molar-refractivity contribution is 0.413. The number of pyridine rings is 1. The number of nitrogens with zero attached hydrogens (tertiary/aromatic N) is 1. The van der Waals surface area contributed by atoms with Crippen LogP contribution in [0.3, 0.4) is 0 Å². The van der Waals surface area contributed by atoms with Crippen LogP contribution in [0.5, 0.6) is 5.75 Å². The number of nitrogens with one attached hydrogen (secondary N) is 1. The highest BCUT2D eigenvalue weighted by Crippen LogP contribution is 2.31. The Balaban J connectivity index is 2.46. The second-order valence-corrected chi connectivity index (χ2v) is 4.69. The molecular formula is C15H16ClFN2O. The van der Waals surface area contributed by atoms with Crippen molar-refractivity contribution in [1.82, 2.24) is 10.3 Å². The number of methoxy groups -OCH3 is 1. The first-order valence-corrected chi connectivity index (χ1v) is 6.71. The molecule has 0 aliphatic rings. The quantitative estimate of drug-likeness (QED) is 0.915. The molecule has 3 nitrogen and oxygen atoms in total. The SMILES string of the molecule is CCNC(c1ccc(Cl)c(OC)c1)c1ccncc1F. The molecule has 0 spiro atoms. The summed E-state index contributed by atoms with van der Waals surface area (Å²) in [6.07, 6.45) is 2.79. The summed E-state index contributed by atoms with van der Waals surface area (Å²) in [5.41, 5.74) is 1.43. The van der Waals surface area contributed by atoms with E-state index >= 15 is 0 Å². The van der Waals surface area contributed by atoms with E-state index in [9.17, 15) is 4.39 Å². The van der Waals surface area contributed by atoms with Crippen molar-refractivity contribution < 1.29 is 9.13 Å². The van der Waals surface area contributed by atoms with Crippen molar-refractivity contribution in [2.24, 2.45) is 0 Å². The van der Waals surface area contributed by atoms with Crippen molar-refractivity contribution in [3.8, 4) is 5.75 Å². The summed E-state index contributed by atoms with van der Waals surface area (Å²) in [5.74, 6) is 0.230. The fourth-order valence-corrected chi connectivity index (χ4v) is 2.28. The number of hydrogen-bond donors (Lipinski definition) is 1. The summed E-state index contributed by atoms with van der Waals surface area (Å²) in [6, 6.07) is 6.82. The van der Waals surface area contributed by atoms with Gasteiger partial charge in [-0.1, -0.05) is 24.6 Å². The van der Waals surface area contributed by atoms with Crippen LogP contribution in [-0.4, -0.2) is 18.6 Å². The predicted molar refractivity (Wildman–Crippen MR) is 77.7 cm³/mol. The van der Waals surface area contributed by atoms with Gasteiger partial charge in [0.15, 0.2) is 0 Å². The lowest BCUT2D eigenvalue weighted by Crippen LogP contribution is -2.23. The van der Waals surface area contributed by atoms with Crippen molar-refractivity contribution in [2.75, 3.05) is 13.7 Å². The van der Waals surface area contributed by atoms with Gasteiger partial charge in [0, 0.05) is 11.8 Å². The predicted octanol–water partition coefficient (Wildman–Crippen LogP) is 3.58. The van der Waals surface area contributed by atoms with E-state index in [0.717, 1.165) is 5.56 Å². The molecule has 0 saturated heterocycles. The maximum absolute atomic E-state index is 14.0. The van der Waals surface area contributed by atoms with Gasteiger partial charge in [-0.15, -0.1) is 0 Å². The summed E-state index contributed by atoms with van der Waals surface area (Å²) in [5, 5.41) is 3.79. The fourth-order valence-electron chi connectivity index (χ4n) is 2.09. The summed E-state index contributed by atoms with van der Waals surface area (Å²) in [7, 11) is 1.56. The Hall–Kier alpha value is -1.65. The first kappa shape index (κ1) is 14.8. The van der Waals surface area contributed by atoms with E-state index in [1.807, 2.05) is 19.1 Å². The maximum Gasteiger partial charge on any atom is 0.146 e. The van der Waals surface area contributed by atoms with E-state index in [1.54, 1.807) is 25.4 Å². The zero-order valence-corrected chi connectivity index (χ0v) is 12.1. The third-order valence-corrected chi connectivity index (χ3v) is 3.34. The van der Waals surface area contributed by atoms with Crippen molar-refractivity contribution in [3.63, 3.8) is 0 Å². The smallest absolute Gasteiger partial charge is 0.146 e. The molecule has 0 saturated carbocycles. The second-order valence-electron chi connectivity index (χ2n) is 4.28. The zero-order chi connectivity index (χ0) is 14.5. The van der Waals surface area contributed by atoms with Crippen LogP contribution in [0.15, 0.2) is 36.7 Å². The van der Waals surface area contributed by atoms with Gasteiger partial charge in [-0.25, -0.2) is 4.39 Å². The van der Waals surface area contributed by atoms with Crippen LogP contribution < -0.4 is 10.1 Å². The molecule has 2 aromatic rings. The van der Waals surface area contributed by atoms with E-state index in [4.69, 9.17) is 16.3 Å². The van der Waals surface area contributed by atoms with Gasteiger partial charge in [-0.2, -0.15) is 0 Å². The third-order valence-electron chi connectivity index (χ3n) is 3.03. The topological polar surface area (TPSA) is 34.1 Å². The molecule has 1 aromatic heterocycles. The molecule has 0 aliphatic heterocycles. The first-order chi connectivity index (χ1) is 9.67. The molecule has 0 aliphatic carbocycles. The minimum Gasteiger partial charge on any atom is -0.495 e. The van der Waals surface area contributed by atoms with Crippen LogP contribution in [-0.2, 0) is 0 Å². The van der Waals surface area contributed by atoms with Crippen molar-refractivity contribution in [2.45, 2.75) is 13.0 Å². The van der Waals surface area contributed by atoms with Crippen molar-refractivity contribution >= 4 is 11.6 Å². The standard InChI is InChI=1S/C15H16ClFN2O/c1-3-19-15(11-6-7-18-9-13(11)17)10-4-5-12(16)14(8-10)20-2/h4-9,15,19H,3H2,1-2H3. The van der Waals surface area contributed by atoms with Crippen LogP contribution >= 0.6 is 11.6 Å². The largest absolute Gasteiger partial charge is 0.495 e. The number of hydrogen-bond acceptors (Lipinski definition) is 3. The molecular weight excluding hydrogens is 279 g/mol. The molecule has 1 atom stereocenters. The average Bonchev–Trinajstić information content (AvgIpc) is 2.46. The van der Waals surface area contributed by atoms with Gasteiger partial charge in [-0.05, 0) is 30.3 Å². The molecule has 0 bridgehead atoms. The summed E-state index contributed by atoms with van der Waals surface area (Å²) in [6.45, 7) is 2.68. The average molecular weight is 295 g/mol. The van der Waals surface area contributed by atoms with Crippen LogP contribution in [0.2, 0.25) is 5.02 Å². The van der Waals surface area contributed by atoms with Crippen LogP contribution in [0.1, 0.15) is 24.1 Å². The third kappa shape index (κ3) is 3.08. The summed E-state index contributed by atoms with van der Waals surface area (Å²) < 4.78 is 19.2. The van der Waals surface area contributed by atoms with Crippen molar-refractivity contribution in [3.05, 3.63) is 58.6 Å². The Morgan fingerprint density at radius 2 is 2.20 bits per heavy atom. The van der Waals surface area contributed by atoms with E-state index in [1.165, 1.54) is 6.20 Å². The monoisotopic (exact) mass is 294 g/mol. The summed E-state index contributed by atoms with van der Waals surface area (Å²) >= 11 is 6.03. The zero-order valence-electron chi connectivity index (χ0n) is 11.4. The molecule has 5 heteroatoms. The highest BCUT2D eigenvalue weighted by Gasteiger charge is 2.18. The molecule has 20 heavy (non-hydrogen) atoms. The van der Waals surface area contributed by atoms with E-state index in [-0.39, 0.29) is 11.9 Å². The van der Waals surface area contributed by atoms with Crippen LogP contribution in [0, 0.1) is 5.82 Å². The number of ether oxygens (including phenoxy) is 1. The Morgan fingerprint density at radius 3 is 2.85 bits per heavy atom. The second kappa shape index (κ2) is 6.68. The minimum absolute atomic E-state index is 0.269. The fraction of sp³-hybridized carbons (Fsp3) is 0.267. The number of benzene rings is 1. The molecule has 2 rings (SSSR count). The lowest BCUT2D eigenvalue weighted by Gasteiger charge is -2.20. The molecule has 0 amide bonds. The van der Waals surface area contributed by atoms with Crippen LogP contribution in [0.25, 0.3) is 0 Å². The molecule has 106 valence electrons. The number of aromatic nitrogens is 1. The van der Waals surface area contributed by atoms with Gasteiger partial charge in [0.2, 0.25) is 0 Å². The molecule has 0 fully saturated rings. The normalized spacial score (nSPS) is 12.2. The van der Waals surface area contributed by atoms with Gasteiger partial charge in [-0.3, -0.25) is 4.98 Å². The molecule has 1 heterocycles. The van der Waals surface area contributed by atoms with Gasteiger partial charge >= 0.3 is 0 Å². The highest BCUT2D eigenvalue weighted by molar-refractivity contribution is 6.32. The maximum atomic E-state index is 14.0. The Kier molecular flexibility index (Phi) is 4.93. The number of halogens is 2. The van der Waals surface area contributed by atoms with Gasteiger partial charge in [0.25, 0.3) is 0 Å². The molecule has 1 N–H and O–H groups in total. The molecule has 0 radical (unpaired) electrons. The van der Waals surface area contributed by atoms with Gasteiger partial charge < -0.3 is 10.1 Å². The van der Waals surface area contributed by atoms with Gasteiger partial charge in [0.1, 0.15) is 11.6 Å². The Bertz CT molecular complexity index is 592. The Labute approximate surface area is 122 Å². The number of rotatable bonds is 5. The van der Waals surface area contributed by atoms with E-state index < -0.39 is 0 Å². The van der Waals surface area contributed by atoms with Crippen molar-refractivity contribution in [1.29, 1.82) is 0 Å². The Morgan fingerprint density at radius 1 is 1.40 bits per heavy atom. The lowest BCUT2D eigenvalue weighted by atomic mass is 9.99. The highest BCUT2D eigenvalue weighted by atomic mass is 35.5. The summed E-state index contributed by atoms with van der Waals surface area (Å²) in [4.78, 5) is 3.78. The minimum atomic E-state index is -0.340. The molecule has 1 aromatic carbocycles.